The number of benzene rings is 1. The van der Waals surface area contributed by atoms with Crippen molar-refractivity contribution in [2.75, 3.05) is 0 Å². The fraction of sp³-hybridized carbons (Fsp3) is 0.0909. The zero-order valence-electron chi connectivity index (χ0n) is 8.28. The van der Waals surface area contributed by atoms with Crippen molar-refractivity contribution in [2.45, 2.75) is 6.04 Å². The van der Waals surface area contributed by atoms with E-state index >= 15 is 0 Å². The number of hydrogen-bond donors (Lipinski definition) is 2. The maximum Gasteiger partial charge on any atom is 0.0803 e. The Hall–Kier alpha value is -0.390. The van der Waals surface area contributed by atoms with Crippen molar-refractivity contribution >= 4 is 38.9 Å². The van der Waals surface area contributed by atoms with Crippen LogP contribution in [0, 0.1) is 0 Å². The Labute approximate surface area is 112 Å². The molecule has 84 valence electrons. The largest absolute Gasteiger partial charge is 0.271 e. The predicted molar refractivity (Wildman–Crippen MR) is 72.6 cm³/mol. The summed E-state index contributed by atoms with van der Waals surface area (Å²) < 4.78 is 0.889. The van der Waals surface area contributed by atoms with Gasteiger partial charge in [-0.15, -0.1) is 11.3 Å². The van der Waals surface area contributed by atoms with Crippen molar-refractivity contribution in [3.8, 4) is 0 Å². The number of hydrogen-bond acceptors (Lipinski definition) is 3. The Morgan fingerprint density at radius 3 is 2.75 bits per heavy atom. The molecule has 2 rings (SSSR count). The van der Waals surface area contributed by atoms with Crippen molar-refractivity contribution in [1.82, 2.24) is 5.43 Å². The first-order valence-electron chi connectivity index (χ1n) is 4.67. The molecule has 3 N–H and O–H groups in total. The second kappa shape index (κ2) is 5.29. The maximum atomic E-state index is 6.06. The normalized spacial score (nSPS) is 12.7. The lowest BCUT2D eigenvalue weighted by Gasteiger charge is -2.15. The minimum Gasteiger partial charge on any atom is -0.271 e. The fourth-order valence-electron chi connectivity index (χ4n) is 1.49. The van der Waals surface area contributed by atoms with E-state index < -0.39 is 0 Å². The summed E-state index contributed by atoms with van der Waals surface area (Å²) in [6, 6.07) is 9.88. The number of nitrogens with two attached hydrogens (primary N) is 1. The predicted octanol–water partition coefficient (Wildman–Crippen LogP) is 3.72. The van der Waals surface area contributed by atoms with E-state index in [0.29, 0.717) is 5.02 Å². The lowest BCUT2D eigenvalue weighted by atomic mass is 10.1. The minimum absolute atomic E-state index is 0.00870. The molecule has 1 heterocycles. The van der Waals surface area contributed by atoms with E-state index in [9.17, 15) is 0 Å². The Morgan fingerprint density at radius 1 is 1.38 bits per heavy atom. The molecule has 1 atom stereocenters. The van der Waals surface area contributed by atoms with Gasteiger partial charge in [0, 0.05) is 9.35 Å². The Morgan fingerprint density at radius 2 is 2.19 bits per heavy atom. The highest BCUT2D eigenvalue weighted by Crippen LogP contribution is 2.30. The molecule has 0 spiro atoms. The van der Waals surface area contributed by atoms with E-state index in [4.69, 9.17) is 17.4 Å². The van der Waals surface area contributed by atoms with E-state index in [2.05, 4.69) is 21.4 Å². The van der Waals surface area contributed by atoms with Gasteiger partial charge in [-0.1, -0.05) is 23.7 Å². The van der Waals surface area contributed by atoms with E-state index in [1.807, 2.05) is 35.7 Å². The molecule has 1 aromatic heterocycles. The molecule has 0 bridgehead atoms. The van der Waals surface area contributed by atoms with Crippen LogP contribution in [-0.2, 0) is 0 Å². The fourth-order valence-corrected chi connectivity index (χ4v) is 2.74. The SMILES string of the molecule is NNC(c1ccc(Br)c(Cl)c1)c1cccs1. The van der Waals surface area contributed by atoms with Crippen LogP contribution in [0.5, 0.6) is 0 Å². The lowest BCUT2D eigenvalue weighted by Crippen LogP contribution is -2.28. The standard InChI is InChI=1S/C11H10BrClN2S/c12-8-4-3-7(6-9(8)13)11(15-14)10-2-1-5-16-10/h1-6,11,15H,14H2. The van der Waals surface area contributed by atoms with E-state index in [1.165, 1.54) is 4.88 Å². The smallest absolute Gasteiger partial charge is 0.0803 e. The lowest BCUT2D eigenvalue weighted by molar-refractivity contribution is 0.646. The third kappa shape index (κ3) is 2.47. The summed E-state index contributed by atoms with van der Waals surface area (Å²) in [5.74, 6) is 5.59. The van der Waals surface area contributed by atoms with Crippen molar-refractivity contribution in [2.24, 2.45) is 5.84 Å². The van der Waals surface area contributed by atoms with Crippen LogP contribution in [0.2, 0.25) is 5.02 Å². The average Bonchev–Trinajstić information content (AvgIpc) is 2.78. The molecule has 0 saturated heterocycles. The van der Waals surface area contributed by atoms with Gasteiger partial charge in [-0.25, -0.2) is 5.43 Å². The third-order valence-electron chi connectivity index (χ3n) is 2.27. The summed E-state index contributed by atoms with van der Waals surface area (Å²) in [7, 11) is 0. The van der Waals surface area contributed by atoms with Crippen LogP contribution in [-0.4, -0.2) is 0 Å². The average molecular weight is 318 g/mol. The highest BCUT2D eigenvalue weighted by Gasteiger charge is 2.14. The second-order valence-electron chi connectivity index (χ2n) is 3.29. The molecule has 0 fully saturated rings. The topological polar surface area (TPSA) is 38.0 Å². The molecule has 0 radical (unpaired) electrons. The van der Waals surface area contributed by atoms with Crippen LogP contribution in [0.3, 0.4) is 0 Å². The van der Waals surface area contributed by atoms with Gasteiger partial charge in [-0.3, -0.25) is 5.84 Å². The molecule has 5 heteroatoms. The molecular weight excluding hydrogens is 308 g/mol. The van der Waals surface area contributed by atoms with Gasteiger partial charge in [0.2, 0.25) is 0 Å². The number of rotatable bonds is 3. The first-order valence-corrected chi connectivity index (χ1v) is 6.72. The third-order valence-corrected chi connectivity index (χ3v) is 4.44. The van der Waals surface area contributed by atoms with Crippen molar-refractivity contribution in [3.63, 3.8) is 0 Å². The summed E-state index contributed by atoms with van der Waals surface area (Å²) >= 11 is 11.1. The van der Waals surface area contributed by atoms with Crippen molar-refractivity contribution in [3.05, 3.63) is 55.6 Å². The highest BCUT2D eigenvalue weighted by molar-refractivity contribution is 9.10. The molecule has 1 unspecified atom stereocenters. The van der Waals surface area contributed by atoms with Crippen molar-refractivity contribution < 1.29 is 0 Å². The number of halogens is 2. The van der Waals surface area contributed by atoms with Crippen LogP contribution in [0.1, 0.15) is 16.5 Å². The monoisotopic (exact) mass is 316 g/mol. The highest BCUT2D eigenvalue weighted by atomic mass is 79.9. The van der Waals surface area contributed by atoms with E-state index in [0.717, 1.165) is 10.0 Å². The maximum absolute atomic E-state index is 6.06. The van der Waals surface area contributed by atoms with Gasteiger partial charge in [0.1, 0.15) is 0 Å². The van der Waals surface area contributed by atoms with Crippen LogP contribution in [0.25, 0.3) is 0 Å². The van der Waals surface area contributed by atoms with Crippen molar-refractivity contribution in [1.29, 1.82) is 0 Å². The zero-order valence-corrected chi connectivity index (χ0v) is 11.4. The Balaban J connectivity index is 2.37. The van der Waals surface area contributed by atoms with Crippen LogP contribution < -0.4 is 11.3 Å². The van der Waals surface area contributed by atoms with E-state index in [1.54, 1.807) is 11.3 Å². The molecule has 0 amide bonds. The van der Waals surface area contributed by atoms with Gasteiger partial charge < -0.3 is 0 Å². The minimum atomic E-state index is -0.00870. The first-order chi connectivity index (χ1) is 7.72. The summed E-state index contributed by atoms with van der Waals surface area (Å²) in [6.07, 6.45) is 0. The van der Waals surface area contributed by atoms with Gasteiger partial charge in [0.15, 0.2) is 0 Å². The molecular formula is C11H10BrClN2S. The summed E-state index contributed by atoms with van der Waals surface area (Å²) in [5, 5.41) is 2.72. The molecule has 1 aromatic carbocycles. The van der Waals surface area contributed by atoms with Gasteiger partial charge >= 0.3 is 0 Å². The molecule has 16 heavy (non-hydrogen) atoms. The van der Waals surface area contributed by atoms with Gasteiger partial charge in [0.05, 0.1) is 11.1 Å². The molecule has 0 saturated carbocycles. The summed E-state index contributed by atoms with van der Waals surface area (Å²) in [4.78, 5) is 1.17. The Kier molecular flexibility index (Phi) is 4.00. The molecule has 0 aliphatic heterocycles. The number of thiophene rings is 1. The molecule has 2 aromatic rings. The molecule has 0 aliphatic rings. The van der Waals surface area contributed by atoms with Crippen LogP contribution in [0.4, 0.5) is 0 Å². The summed E-state index contributed by atoms with van der Waals surface area (Å²) in [5.41, 5.74) is 3.86. The van der Waals surface area contributed by atoms with Gasteiger partial charge in [0.25, 0.3) is 0 Å². The molecule has 2 nitrogen and oxygen atoms in total. The zero-order chi connectivity index (χ0) is 11.5. The van der Waals surface area contributed by atoms with Gasteiger partial charge in [-0.2, -0.15) is 0 Å². The van der Waals surface area contributed by atoms with Gasteiger partial charge in [-0.05, 0) is 45.1 Å². The van der Waals surface area contributed by atoms with E-state index in [-0.39, 0.29) is 6.04 Å². The van der Waals surface area contributed by atoms with Crippen LogP contribution >= 0.6 is 38.9 Å². The number of nitrogens with one attached hydrogen (secondary N) is 1. The Bertz CT molecular complexity index is 473. The van der Waals surface area contributed by atoms with Crippen LogP contribution in [0.15, 0.2) is 40.2 Å². The number of hydrazine groups is 1. The quantitative estimate of drug-likeness (QED) is 0.669. The first kappa shape index (κ1) is 12.1. The second-order valence-corrected chi connectivity index (χ2v) is 5.53. The molecule has 0 aliphatic carbocycles. The summed E-state index contributed by atoms with van der Waals surface area (Å²) in [6.45, 7) is 0.